The molecule has 0 aliphatic carbocycles. The molecule has 0 amide bonds. The molecule has 0 saturated heterocycles. The van der Waals surface area contributed by atoms with Gasteiger partial charge in [0.05, 0.1) is 0 Å². The van der Waals surface area contributed by atoms with E-state index in [1.54, 1.807) is 18.2 Å². The van der Waals surface area contributed by atoms with Crippen LogP contribution in [0.15, 0.2) is 54.6 Å². The van der Waals surface area contributed by atoms with E-state index in [1.807, 2.05) is 30.3 Å². The molecule has 2 aromatic carbocycles. The van der Waals surface area contributed by atoms with Crippen LogP contribution in [0, 0.1) is 5.82 Å². The van der Waals surface area contributed by atoms with Crippen molar-refractivity contribution in [2.75, 3.05) is 26.3 Å². The highest BCUT2D eigenvalue weighted by Crippen LogP contribution is 2.14. The standard InChI is InChI=1S/C17H20FNO3/c18-16-8-4-5-9-17(16)21-11-10-19-12-14(20)13-22-15-6-2-1-3-7-15/h1-9,14,19-20H,10-13H2/t14-/m1/s1. The molecule has 118 valence electrons. The van der Waals surface area contributed by atoms with E-state index < -0.39 is 6.10 Å². The molecule has 0 radical (unpaired) electrons. The maximum Gasteiger partial charge on any atom is 0.165 e. The van der Waals surface area contributed by atoms with E-state index in [0.717, 1.165) is 5.75 Å². The summed E-state index contributed by atoms with van der Waals surface area (Å²) in [6.45, 7) is 1.43. The molecule has 0 saturated carbocycles. The van der Waals surface area contributed by atoms with Gasteiger partial charge in [-0.2, -0.15) is 0 Å². The Hall–Kier alpha value is -2.11. The number of halogens is 1. The molecule has 0 spiro atoms. The van der Waals surface area contributed by atoms with Crippen LogP contribution in [0.2, 0.25) is 0 Å². The molecule has 0 aromatic heterocycles. The van der Waals surface area contributed by atoms with Gasteiger partial charge in [0, 0.05) is 13.1 Å². The van der Waals surface area contributed by atoms with Crippen LogP contribution in [0.25, 0.3) is 0 Å². The molecule has 0 aliphatic rings. The van der Waals surface area contributed by atoms with Gasteiger partial charge in [-0.15, -0.1) is 0 Å². The summed E-state index contributed by atoms with van der Waals surface area (Å²) in [5, 5.41) is 12.8. The molecule has 2 N–H and O–H groups in total. The molecule has 1 atom stereocenters. The van der Waals surface area contributed by atoms with Gasteiger partial charge < -0.3 is 19.9 Å². The van der Waals surface area contributed by atoms with E-state index >= 15 is 0 Å². The zero-order valence-corrected chi connectivity index (χ0v) is 12.2. The van der Waals surface area contributed by atoms with Gasteiger partial charge >= 0.3 is 0 Å². The summed E-state index contributed by atoms with van der Waals surface area (Å²) < 4.78 is 24.0. The SMILES string of the molecule is O[C@H](CNCCOc1ccccc1F)COc1ccccc1. The van der Waals surface area contributed by atoms with Crippen LogP contribution in [0.4, 0.5) is 4.39 Å². The Bertz CT molecular complexity index is 551. The van der Waals surface area contributed by atoms with Gasteiger partial charge in [-0.25, -0.2) is 4.39 Å². The van der Waals surface area contributed by atoms with Crippen molar-refractivity contribution in [3.63, 3.8) is 0 Å². The molecule has 0 unspecified atom stereocenters. The van der Waals surface area contributed by atoms with Gasteiger partial charge in [0.2, 0.25) is 0 Å². The van der Waals surface area contributed by atoms with E-state index in [-0.39, 0.29) is 18.2 Å². The first-order valence-corrected chi connectivity index (χ1v) is 7.19. The first kappa shape index (κ1) is 16.3. The minimum Gasteiger partial charge on any atom is -0.491 e. The van der Waals surface area contributed by atoms with Crippen molar-refractivity contribution in [2.45, 2.75) is 6.10 Å². The van der Waals surface area contributed by atoms with Crippen LogP contribution in [0.5, 0.6) is 11.5 Å². The number of hydrogen-bond donors (Lipinski definition) is 2. The zero-order chi connectivity index (χ0) is 15.6. The highest BCUT2D eigenvalue weighted by atomic mass is 19.1. The second-order valence-electron chi connectivity index (χ2n) is 4.76. The Labute approximate surface area is 129 Å². The average molecular weight is 305 g/mol. The lowest BCUT2D eigenvalue weighted by Gasteiger charge is -2.13. The summed E-state index contributed by atoms with van der Waals surface area (Å²) >= 11 is 0. The molecule has 5 heteroatoms. The summed E-state index contributed by atoms with van der Waals surface area (Å²) in [4.78, 5) is 0. The van der Waals surface area contributed by atoms with Gasteiger partial charge in [0.25, 0.3) is 0 Å². The first-order chi connectivity index (χ1) is 10.8. The predicted molar refractivity (Wildman–Crippen MR) is 82.7 cm³/mol. The summed E-state index contributed by atoms with van der Waals surface area (Å²) in [7, 11) is 0. The van der Waals surface area contributed by atoms with Crippen molar-refractivity contribution in [1.29, 1.82) is 0 Å². The van der Waals surface area contributed by atoms with Crippen LogP contribution < -0.4 is 14.8 Å². The van der Waals surface area contributed by atoms with E-state index in [4.69, 9.17) is 9.47 Å². The molecule has 4 nitrogen and oxygen atoms in total. The quantitative estimate of drug-likeness (QED) is 0.698. The van der Waals surface area contributed by atoms with Crippen molar-refractivity contribution >= 4 is 0 Å². The molecule has 0 fully saturated rings. The number of benzene rings is 2. The Morgan fingerprint density at radius 2 is 1.73 bits per heavy atom. The first-order valence-electron chi connectivity index (χ1n) is 7.19. The van der Waals surface area contributed by atoms with Crippen molar-refractivity contribution in [1.82, 2.24) is 5.32 Å². The van der Waals surface area contributed by atoms with Crippen LogP contribution in [0.1, 0.15) is 0 Å². The van der Waals surface area contributed by atoms with Crippen molar-refractivity contribution in [3.05, 3.63) is 60.4 Å². The van der Waals surface area contributed by atoms with Crippen LogP contribution in [-0.4, -0.2) is 37.5 Å². The summed E-state index contributed by atoms with van der Waals surface area (Å²) in [5.74, 6) is 0.584. The van der Waals surface area contributed by atoms with Gasteiger partial charge in [-0.3, -0.25) is 0 Å². The Kier molecular flexibility index (Phi) is 6.67. The summed E-state index contributed by atoms with van der Waals surface area (Å²) in [6.07, 6.45) is -0.617. The third-order valence-electron chi connectivity index (χ3n) is 2.94. The van der Waals surface area contributed by atoms with Crippen molar-refractivity contribution in [3.8, 4) is 11.5 Å². The third kappa shape index (κ3) is 5.71. The lowest BCUT2D eigenvalue weighted by atomic mass is 10.3. The summed E-state index contributed by atoms with van der Waals surface area (Å²) in [6, 6.07) is 15.6. The number of aliphatic hydroxyl groups is 1. The number of aliphatic hydroxyl groups excluding tert-OH is 1. The van der Waals surface area contributed by atoms with Gasteiger partial charge in [0.15, 0.2) is 11.6 Å². The zero-order valence-electron chi connectivity index (χ0n) is 12.2. The lowest BCUT2D eigenvalue weighted by Crippen LogP contribution is -2.33. The highest BCUT2D eigenvalue weighted by molar-refractivity contribution is 5.23. The minimum absolute atomic E-state index is 0.213. The smallest absolute Gasteiger partial charge is 0.165 e. The van der Waals surface area contributed by atoms with Crippen molar-refractivity contribution < 1.29 is 19.0 Å². The number of ether oxygens (including phenoxy) is 2. The summed E-state index contributed by atoms with van der Waals surface area (Å²) in [5.41, 5.74) is 0. The molecule has 0 bridgehead atoms. The van der Waals surface area contributed by atoms with Gasteiger partial charge in [0.1, 0.15) is 25.1 Å². The second-order valence-corrected chi connectivity index (χ2v) is 4.76. The van der Waals surface area contributed by atoms with Crippen LogP contribution in [-0.2, 0) is 0 Å². The molecule has 0 aliphatic heterocycles. The normalized spacial score (nSPS) is 11.9. The van der Waals surface area contributed by atoms with Gasteiger partial charge in [-0.1, -0.05) is 30.3 Å². The predicted octanol–water partition coefficient (Wildman–Crippen LogP) is 2.23. The topological polar surface area (TPSA) is 50.7 Å². The Balaban J connectivity index is 1.56. The second kappa shape index (κ2) is 9.02. The monoisotopic (exact) mass is 305 g/mol. The Morgan fingerprint density at radius 1 is 1.00 bits per heavy atom. The number of para-hydroxylation sites is 2. The average Bonchev–Trinajstić information content (AvgIpc) is 2.55. The van der Waals surface area contributed by atoms with E-state index in [9.17, 15) is 9.50 Å². The number of nitrogens with one attached hydrogen (secondary N) is 1. The Morgan fingerprint density at radius 3 is 2.50 bits per heavy atom. The van der Waals surface area contributed by atoms with Crippen LogP contribution >= 0.6 is 0 Å². The fourth-order valence-corrected chi connectivity index (χ4v) is 1.83. The molecular weight excluding hydrogens is 285 g/mol. The van der Waals surface area contributed by atoms with E-state index in [0.29, 0.717) is 19.7 Å². The van der Waals surface area contributed by atoms with E-state index in [2.05, 4.69) is 5.32 Å². The fourth-order valence-electron chi connectivity index (χ4n) is 1.83. The van der Waals surface area contributed by atoms with Gasteiger partial charge in [-0.05, 0) is 24.3 Å². The van der Waals surface area contributed by atoms with Crippen LogP contribution in [0.3, 0.4) is 0 Å². The largest absolute Gasteiger partial charge is 0.491 e. The minimum atomic E-state index is -0.617. The molecule has 22 heavy (non-hydrogen) atoms. The molecular formula is C17H20FNO3. The third-order valence-corrected chi connectivity index (χ3v) is 2.94. The molecule has 0 heterocycles. The molecule has 2 rings (SSSR count). The maximum atomic E-state index is 13.3. The van der Waals surface area contributed by atoms with Crippen molar-refractivity contribution in [2.24, 2.45) is 0 Å². The maximum absolute atomic E-state index is 13.3. The fraction of sp³-hybridized carbons (Fsp3) is 0.294. The lowest BCUT2D eigenvalue weighted by molar-refractivity contribution is 0.105. The highest BCUT2D eigenvalue weighted by Gasteiger charge is 2.05. The number of rotatable bonds is 9. The molecule has 2 aromatic rings. The number of hydrogen-bond acceptors (Lipinski definition) is 4. The van der Waals surface area contributed by atoms with E-state index in [1.165, 1.54) is 6.07 Å².